The summed E-state index contributed by atoms with van der Waals surface area (Å²) in [5, 5.41) is 12.4. The van der Waals surface area contributed by atoms with E-state index in [0.717, 1.165) is 31.6 Å². The van der Waals surface area contributed by atoms with Gasteiger partial charge in [0.25, 0.3) is 0 Å². The van der Waals surface area contributed by atoms with Crippen molar-refractivity contribution in [2.75, 3.05) is 24.5 Å². The van der Waals surface area contributed by atoms with Gasteiger partial charge in [0.05, 0.1) is 5.92 Å². The van der Waals surface area contributed by atoms with Crippen LogP contribution in [0.1, 0.15) is 38.7 Å². The van der Waals surface area contributed by atoms with Crippen LogP contribution in [0.15, 0.2) is 18.2 Å². The summed E-state index contributed by atoms with van der Waals surface area (Å²) >= 11 is 0. The predicted molar refractivity (Wildman–Crippen MR) is 90.1 cm³/mol. The first-order valence-corrected chi connectivity index (χ1v) is 8.45. The Labute approximate surface area is 137 Å². The molecular formula is C18H27FN2O2. The lowest BCUT2D eigenvalue weighted by molar-refractivity contribution is -0.142. The van der Waals surface area contributed by atoms with Gasteiger partial charge in [-0.1, -0.05) is 19.9 Å². The van der Waals surface area contributed by atoms with Crippen molar-refractivity contribution in [3.63, 3.8) is 0 Å². The van der Waals surface area contributed by atoms with E-state index in [1.165, 1.54) is 6.07 Å². The average molecular weight is 322 g/mol. The summed E-state index contributed by atoms with van der Waals surface area (Å²) in [7, 11) is 0. The highest BCUT2D eigenvalue weighted by Crippen LogP contribution is 2.26. The molecule has 1 heterocycles. The number of anilines is 1. The Morgan fingerprint density at radius 2 is 2.04 bits per heavy atom. The molecule has 1 fully saturated rings. The van der Waals surface area contributed by atoms with Crippen molar-refractivity contribution in [2.45, 2.75) is 39.7 Å². The molecule has 0 radical (unpaired) electrons. The smallest absolute Gasteiger partial charge is 0.307 e. The van der Waals surface area contributed by atoms with E-state index in [0.29, 0.717) is 31.0 Å². The van der Waals surface area contributed by atoms with Gasteiger partial charge in [0.15, 0.2) is 0 Å². The molecule has 23 heavy (non-hydrogen) atoms. The minimum Gasteiger partial charge on any atom is -0.481 e. The minimum atomic E-state index is -0.792. The summed E-state index contributed by atoms with van der Waals surface area (Å²) in [4.78, 5) is 13.5. The number of carbonyl (C=O) groups is 1. The maximum Gasteiger partial charge on any atom is 0.307 e. The summed E-state index contributed by atoms with van der Waals surface area (Å²) < 4.78 is 14.2. The maximum atomic E-state index is 14.2. The molecule has 1 aliphatic rings. The first kappa shape index (κ1) is 17.7. The number of benzene rings is 1. The van der Waals surface area contributed by atoms with E-state index in [9.17, 15) is 14.3 Å². The van der Waals surface area contributed by atoms with E-state index in [4.69, 9.17) is 0 Å². The van der Waals surface area contributed by atoms with Crippen molar-refractivity contribution >= 4 is 11.7 Å². The van der Waals surface area contributed by atoms with Crippen molar-refractivity contribution in [1.29, 1.82) is 0 Å². The fourth-order valence-electron chi connectivity index (χ4n) is 3.19. The predicted octanol–water partition coefficient (Wildman–Crippen LogP) is 3.26. The molecule has 0 amide bonds. The molecule has 1 aromatic carbocycles. The number of halogens is 1. The molecule has 1 aromatic rings. The third-order valence-corrected chi connectivity index (χ3v) is 4.34. The van der Waals surface area contributed by atoms with Crippen LogP contribution in [0, 0.1) is 17.7 Å². The van der Waals surface area contributed by atoms with E-state index in [-0.39, 0.29) is 5.82 Å². The summed E-state index contributed by atoms with van der Waals surface area (Å²) in [5.41, 5.74) is 1.58. The third kappa shape index (κ3) is 4.93. The second-order valence-electron chi connectivity index (χ2n) is 6.73. The molecule has 1 atom stereocenters. The number of hydrogen-bond donors (Lipinski definition) is 2. The summed E-state index contributed by atoms with van der Waals surface area (Å²) in [5.74, 6) is -1.12. The number of carboxylic acid groups (broad SMARTS) is 1. The van der Waals surface area contributed by atoms with Gasteiger partial charge in [0.2, 0.25) is 0 Å². The van der Waals surface area contributed by atoms with Crippen LogP contribution in [0.3, 0.4) is 0 Å². The first-order chi connectivity index (χ1) is 11.0. The molecule has 0 saturated carbocycles. The number of hydrogen-bond acceptors (Lipinski definition) is 3. The number of nitrogens with one attached hydrogen (secondary N) is 1. The molecular weight excluding hydrogens is 295 g/mol. The van der Waals surface area contributed by atoms with Crippen molar-refractivity contribution in [1.82, 2.24) is 5.32 Å². The fourth-order valence-corrected chi connectivity index (χ4v) is 3.19. The lowest BCUT2D eigenvalue weighted by Gasteiger charge is -2.22. The van der Waals surface area contributed by atoms with Crippen LogP contribution in [-0.4, -0.2) is 30.7 Å². The number of nitrogens with zero attached hydrogens (tertiary/aromatic N) is 1. The van der Waals surface area contributed by atoms with Crippen molar-refractivity contribution < 1.29 is 14.3 Å². The Kier molecular flexibility index (Phi) is 6.39. The zero-order valence-corrected chi connectivity index (χ0v) is 14.0. The largest absolute Gasteiger partial charge is 0.481 e. The van der Waals surface area contributed by atoms with Crippen LogP contribution in [0.2, 0.25) is 0 Å². The van der Waals surface area contributed by atoms with Gasteiger partial charge in [0.1, 0.15) is 5.82 Å². The Balaban J connectivity index is 2.00. The maximum absolute atomic E-state index is 14.2. The van der Waals surface area contributed by atoms with E-state index in [1.54, 1.807) is 6.07 Å². The van der Waals surface area contributed by atoms with E-state index < -0.39 is 11.9 Å². The van der Waals surface area contributed by atoms with Gasteiger partial charge in [-0.25, -0.2) is 4.39 Å². The van der Waals surface area contributed by atoms with Crippen LogP contribution < -0.4 is 10.2 Å². The van der Waals surface area contributed by atoms with Gasteiger partial charge in [-0.15, -0.1) is 0 Å². The lowest BCUT2D eigenvalue weighted by Crippen LogP contribution is -2.30. The van der Waals surface area contributed by atoms with Gasteiger partial charge >= 0.3 is 5.97 Å². The Morgan fingerprint density at radius 3 is 2.65 bits per heavy atom. The van der Waals surface area contributed by atoms with Crippen molar-refractivity contribution in [2.24, 2.45) is 11.8 Å². The standard InChI is InChI=1S/C18H27FN2O2/c1-13(2)10-14(18(22)23)11-20-12-15-16(19)6-5-7-17(15)21-8-3-4-9-21/h5-7,13-14,20H,3-4,8-12H2,1-2H3,(H,22,23). The molecule has 4 nitrogen and oxygen atoms in total. The lowest BCUT2D eigenvalue weighted by atomic mass is 9.97. The highest BCUT2D eigenvalue weighted by atomic mass is 19.1. The van der Waals surface area contributed by atoms with E-state index in [1.807, 2.05) is 19.9 Å². The molecule has 0 aromatic heterocycles. The third-order valence-electron chi connectivity index (χ3n) is 4.34. The second-order valence-corrected chi connectivity index (χ2v) is 6.73. The summed E-state index contributed by atoms with van der Waals surface area (Å²) in [6.45, 7) is 6.67. The zero-order chi connectivity index (χ0) is 16.8. The van der Waals surface area contributed by atoms with Crippen LogP contribution in [-0.2, 0) is 11.3 Å². The van der Waals surface area contributed by atoms with Crippen LogP contribution >= 0.6 is 0 Å². The monoisotopic (exact) mass is 322 g/mol. The Hall–Kier alpha value is -1.62. The highest BCUT2D eigenvalue weighted by Gasteiger charge is 2.20. The molecule has 0 bridgehead atoms. The van der Waals surface area contributed by atoms with Crippen molar-refractivity contribution in [3.8, 4) is 0 Å². The summed E-state index contributed by atoms with van der Waals surface area (Å²) in [6, 6.07) is 5.17. The molecule has 5 heteroatoms. The van der Waals surface area contributed by atoms with Gasteiger partial charge < -0.3 is 15.3 Å². The fraction of sp³-hybridized carbons (Fsp3) is 0.611. The first-order valence-electron chi connectivity index (χ1n) is 8.45. The molecule has 2 rings (SSSR count). The van der Waals surface area contributed by atoms with Gasteiger partial charge in [0, 0.05) is 37.4 Å². The number of rotatable bonds is 8. The normalized spacial score (nSPS) is 16.1. The zero-order valence-electron chi connectivity index (χ0n) is 14.0. The van der Waals surface area contributed by atoms with Crippen LogP contribution in [0.4, 0.5) is 10.1 Å². The SMILES string of the molecule is CC(C)CC(CNCc1c(F)cccc1N1CCCC1)C(=O)O. The molecule has 1 saturated heterocycles. The Bertz CT molecular complexity index is 528. The molecule has 128 valence electrons. The van der Waals surface area contributed by atoms with Crippen molar-refractivity contribution in [3.05, 3.63) is 29.6 Å². The quantitative estimate of drug-likeness (QED) is 0.771. The second kappa shape index (κ2) is 8.29. The van der Waals surface area contributed by atoms with Crippen LogP contribution in [0.5, 0.6) is 0 Å². The highest BCUT2D eigenvalue weighted by molar-refractivity contribution is 5.70. The van der Waals surface area contributed by atoms with Gasteiger partial charge in [-0.05, 0) is 37.3 Å². The Morgan fingerprint density at radius 1 is 1.35 bits per heavy atom. The average Bonchev–Trinajstić information content (AvgIpc) is 3.01. The number of carboxylic acids is 1. The van der Waals surface area contributed by atoms with Crippen LogP contribution in [0.25, 0.3) is 0 Å². The topological polar surface area (TPSA) is 52.6 Å². The molecule has 1 aliphatic heterocycles. The van der Waals surface area contributed by atoms with E-state index in [2.05, 4.69) is 10.2 Å². The van der Waals surface area contributed by atoms with Gasteiger partial charge in [-0.2, -0.15) is 0 Å². The molecule has 0 spiro atoms. The molecule has 2 N–H and O–H groups in total. The van der Waals surface area contributed by atoms with E-state index >= 15 is 0 Å². The molecule has 0 aliphatic carbocycles. The molecule has 1 unspecified atom stereocenters. The van der Waals surface area contributed by atoms with Gasteiger partial charge in [-0.3, -0.25) is 4.79 Å². The summed E-state index contributed by atoms with van der Waals surface area (Å²) in [6.07, 6.45) is 2.90. The minimum absolute atomic E-state index is 0.224. The number of aliphatic carboxylic acids is 1.